The largest absolute Gasteiger partial charge is 0.377 e. The average molecular weight is 259 g/mol. The number of halogens is 1. The third-order valence-electron chi connectivity index (χ3n) is 4.83. The van der Waals surface area contributed by atoms with Gasteiger partial charge in [0, 0.05) is 17.4 Å². The van der Waals surface area contributed by atoms with Crippen LogP contribution >= 0.6 is 11.6 Å². The quantitative estimate of drug-likeness (QED) is 0.646. The number of rotatable bonds is 5. The number of hydrogen-bond donors (Lipinski definition) is 0. The van der Waals surface area contributed by atoms with Gasteiger partial charge in [-0.05, 0) is 31.6 Å². The third kappa shape index (κ3) is 2.81. The molecular formula is C15H27ClO. The van der Waals surface area contributed by atoms with Crippen molar-refractivity contribution in [3.63, 3.8) is 0 Å². The highest BCUT2D eigenvalue weighted by Crippen LogP contribution is 2.55. The van der Waals surface area contributed by atoms with Crippen molar-refractivity contribution in [2.45, 2.75) is 76.7 Å². The zero-order valence-electron chi connectivity index (χ0n) is 11.4. The molecule has 0 aromatic carbocycles. The summed E-state index contributed by atoms with van der Waals surface area (Å²) in [5.74, 6) is 0.704. The van der Waals surface area contributed by atoms with E-state index < -0.39 is 0 Å². The Labute approximate surface area is 111 Å². The summed E-state index contributed by atoms with van der Waals surface area (Å²) >= 11 is 6.48. The molecule has 0 heterocycles. The van der Waals surface area contributed by atoms with Gasteiger partial charge in [-0.15, -0.1) is 11.6 Å². The molecule has 2 aliphatic rings. The molecule has 3 unspecified atom stereocenters. The highest BCUT2D eigenvalue weighted by molar-refractivity contribution is 6.21. The number of hydrogen-bond acceptors (Lipinski definition) is 1. The monoisotopic (exact) mass is 258 g/mol. The van der Waals surface area contributed by atoms with Gasteiger partial charge in [0.25, 0.3) is 0 Å². The minimum absolute atomic E-state index is 0.353. The standard InChI is InChI=1S/C15H27ClO/c1-3-7-12(2)11-17-14-10-13(16)15(14)8-5-4-6-9-15/h12-14H,3-11H2,1-2H3. The van der Waals surface area contributed by atoms with E-state index in [0.717, 1.165) is 13.0 Å². The summed E-state index contributed by atoms with van der Waals surface area (Å²) < 4.78 is 6.17. The summed E-state index contributed by atoms with van der Waals surface area (Å²) in [7, 11) is 0. The molecule has 0 amide bonds. The molecule has 1 spiro atoms. The second-order valence-electron chi connectivity index (χ2n) is 6.21. The van der Waals surface area contributed by atoms with E-state index in [1.165, 1.54) is 44.9 Å². The lowest BCUT2D eigenvalue weighted by Gasteiger charge is -2.55. The van der Waals surface area contributed by atoms with Crippen LogP contribution in [-0.4, -0.2) is 18.1 Å². The van der Waals surface area contributed by atoms with E-state index in [9.17, 15) is 0 Å². The van der Waals surface area contributed by atoms with Crippen LogP contribution in [0, 0.1) is 11.3 Å². The van der Waals surface area contributed by atoms with Crippen LogP contribution in [0.2, 0.25) is 0 Å². The smallest absolute Gasteiger partial charge is 0.0659 e. The number of alkyl halides is 1. The highest BCUT2D eigenvalue weighted by Gasteiger charge is 2.54. The zero-order chi connectivity index (χ0) is 12.3. The molecule has 2 saturated carbocycles. The lowest BCUT2D eigenvalue weighted by Crippen LogP contribution is -2.56. The van der Waals surface area contributed by atoms with Crippen LogP contribution in [0.25, 0.3) is 0 Å². The van der Waals surface area contributed by atoms with E-state index in [0.29, 0.717) is 22.8 Å². The summed E-state index contributed by atoms with van der Waals surface area (Å²) in [4.78, 5) is 0. The molecule has 0 aromatic heterocycles. The molecule has 17 heavy (non-hydrogen) atoms. The van der Waals surface area contributed by atoms with E-state index in [4.69, 9.17) is 16.3 Å². The molecule has 0 bridgehead atoms. The first-order chi connectivity index (χ1) is 8.19. The van der Waals surface area contributed by atoms with Crippen molar-refractivity contribution in [3.8, 4) is 0 Å². The maximum atomic E-state index is 6.48. The first-order valence-corrected chi connectivity index (χ1v) is 7.88. The lowest BCUT2D eigenvalue weighted by molar-refractivity contribution is -0.131. The Bertz CT molecular complexity index is 235. The fourth-order valence-corrected chi connectivity index (χ4v) is 4.15. The normalized spacial score (nSPS) is 33.4. The van der Waals surface area contributed by atoms with Crippen molar-refractivity contribution in [3.05, 3.63) is 0 Å². The van der Waals surface area contributed by atoms with Crippen molar-refractivity contribution >= 4 is 11.6 Å². The second kappa shape index (κ2) is 5.93. The van der Waals surface area contributed by atoms with E-state index in [1.807, 2.05) is 0 Å². The van der Waals surface area contributed by atoms with Gasteiger partial charge in [0.15, 0.2) is 0 Å². The fourth-order valence-electron chi connectivity index (χ4n) is 3.63. The molecule has 1 nitrogen and oxygen atoms in total. The van der Waals surface area contributed by atoms with Crippen molar-refractivity contribution in [2.24, 2.45) is 11.3 Å². The Morgan fingerprint density at radius 3 is 2.59 bits per heavy atom. The van der Waals surface area contributed by atoms with Crippen LogP contribution in [-0.2, 0) is 4.74 Å². The van der Waals surface area contributed by atoms with Crippen LogP contribution in [0.1, 0.15) is 65.2 Å². The van der Waals surface area contributed by atoms with Gasteiger partial charge in [-0.2, -0.15) is 0 Å². The summed E-state index contributed by atoms with van der Waals surface area (Å²) in [6, 6.07) is 0. The minimum atomic E-state index is 0.353. The van der Waals surface area contributed by atoms with E-state index in [2.05, 4.69) is 13.8 Å². The molecular weight excluding hydrogens is 232 g/mol. The van der Waals surface area contributed by atoms with Crippen molar-refractivity contribution in [2.75, 3.05) is 6.61 Å². The van der Waals surface area contributed by atoms with Gasteiger partial charge < -0.3 is 4.74 Å². The van der Waals surface area contributed by atoms with Crippen molar-refractivity contribution in [1.29, 1.82) is 0 Å². The Kier molecular flexibility index (Phi) is 4.77. The van der Waals surface area contributed by atoms with Crippen LogP contribution in [0.4, 0.5) is 0 Å². The Morgan fingerprint density at radius 2 is 2.00 bits per heavy atom. The zero-order valence-corrected chi connectivity index (χ0v) is 12.1. The average Bonchev–Trinajstić information content (AvgIpc) is 2.35. The maximum absolute atomic E-state index is 6.48. The summed E-state index contributed by atoms with van der Waals surface area (Å²) in [6.07, 6.45) is 10.8. The molecule has 2 heteroatoms. The van der Waals surface area contributed by atoms with Gasteiger partial charge in [0.2, 0.25) is 0 Å². The maximum Gasteiger partial charge on any atom is 0.0659 e. The Morgan fingerprint density at radius 1 is 1.29 bits per heavy atom. The van der Waals surface area contributed by atoms with E-state index in [1.54, 1.807) is 0 Å². The molecule has 2 fully saturated rings. The van der Waals surface area contributed by atoms with Crippen LogP contribution in [0.5, 0.6) is 0 Å². The summed E-state index contributed by atoms with van der Waals surface area (Å²) in [5.41, 5.74) is 0.353. The van der Waals surface area contributed by atoms with Gasteiger partial charge in [-0.1, -0.05) is 39.5 Å². The minimum Gasteiger partial charge on any atom is -0.377 e. The SMILES string of the molecule is CCCC(C)COC1CC(Cl)C12CCCCC2. The molecule has 3 atom stereocenters. The van der Waals surface area contributed by atoms with Gasteiger partial charge in [0.05, 0.1) is 6.10 Å². The molecule has 2 aliphatic carbocycles. The topological polar surface area (TPSA) is 9.23 Å². The molecule has 0 saturated heterocycles. The molecule has 0 aliphatic heterocycles. The lowest BCUT2D eigenvalue weighted by atomic mass is 9.58. The molecule has 0 radical (unpaired) electrons. The van der Waals surface area contributed by atoms with Crippen molar-refractivity contribution < 1.29 is 4.74 Å². The molecule has 0 aromatic rings. The Balaban J connectivity index is 1.81. The first kappa shape index (κ1) is 13.7. The third-order valence-corrected chi connectivity index (χ3v) is 5.45. The fraction of sp³-hybridized carbons (Fsp3) is 1.00. The summed E-state index contributed by atoms with van der Waals surface area (Å²) in [6.45, 7) is 5.48. The van der Waals surface area contributed by atoms with Gasteiger partial charge in [-0.25, -0.2) is 0 Å². The summed E-state index contributed by atoms with van der Waals surface area (Å²) in [5, 5.41) is 0.384. The predicted octanol–water partition coefficient (Wildman–Crippen LogP) is 4.77. The van der Waals surface area contributed by atoms with Gasteiger partial charge in [-0.3, -0.25) is 0 Å². The van der Waals surface area contributed by atoms with Crippen molar-refractivity contribution in [1.82, 2.24) is 0 Å². The molecule has 2 rings (SSSR count). The van der Waals surface area contributed by atoms with Crippen LogP contribution < -0.4 is 0 Å². The molecule has 100 valence electrons. The highest BCUT2D eigenvalue weighted by atomic mass is 35.5. The van der Waals surface area contributed by atoms with Gasteiger partial charge in [0.1, 0.15) is 0 Å². The predicted molar refractivity (Wildman–Crippen MR) is 73.6 cm³/mol. The number of ether oxygens (including phenoxy) is 1. The Hall–Kier alpha value is 0.250. The van der Waals surface area contributed by atoms with Gasteiger partial charge >= 0.3 is 0 Å². The second-order valence-corrected chi connectivity index (χ2v) is 6.74. The first-order valence-electron chi connectivity index (χ1n) is 7.44. The van der Waals surface area contributed by atoms with E-state index in [-0.39, 0.29) is 0 Å². The van der Waals surface area contributed by atoms with Crippen LogP contribution in [0.15, 0.2) is 0 Å². The van der Waals surface area contributed by atoms with E-state index >= 15 is 0 Å². The molecule has 0 N–H and O–H groups in total. The van der Waals surface area contributed by atoms with Crippen LogP contribution in [0.3, 0.4) is 0 Å².